The number of hydrogen-bond donors (Lipinski definition) is 0. The molecular formula is C24H47NO. The van der Waals surface area contributed by atoms with Crippen molar-refractivity contribution >= 4 is 0 Å². The van der Waals surface area contributed by atoms with Crippen LogP contribution in [-0.4, -0.2) is 27.0 Å². The molecule has 3 fully saturated rings. The van der Waals surface area contributed by atoms with E-state index in [1.54, 1.807) is 0 Å². The summed E-state index contributed by atoms with van der Waals surface area (Å²) in [5, 5.41) is 0. The van der Waals surface area contributed by atoms with Gasteiger partial charge in [-0.15, -0.1) is 0 Å². The first-order valence-corrected chi connectivity index (χ1v) is 12.0. The molecule has 0 unspecified atom stereocenters. The fraction of sp³-hybridized carbons (Fsp3) is 1.00. The van der Waals surface area contributed by atoms with E-state index in [1.165, 1.54) is 116 Å². The highest BCUT2D eigenvalue weighted by Crippen LogP contribution is 2.54. The molecule has 0 heterocycles. The first kappa shape index (κ1) is 22.2. The zero-order valence-corrected chi connectivity index (χ0v) is 18.2. The van der Waals surface area contributed by atoms with Gasteiger partial charge >= 0.3 is 0 Å². The summed E-state index contributed by atoms with van der Waals surface area (Å²) in [4.78, 5) is 3.31. The van der Waals surface area contributed by atoms with Gasteiger partial charge in [0.25, 0.3) is 0 Å². The lowest BCUT2D eigenvalue weighted by Crippen LogP contribution is -2.70. The molecule has 154 valence electrons. The lowest BCUT2D eigenvalue weighted by molar-refractivity contribution is -0.151. The fourth-order valence-corrected chi connectivity index (χ4v) is 7.34. The molecule has 0 amide bonds. The Balaban J connectivity index is 0.00000243. The second-order valence-corrected chi connectivity index (χ2v) is 9.75. The highest BCUT2D eigenvalue weighted by molar-refractivity contribution is 5.11. The quantitative estimate of drug-likeness (QED) is 0.509. The fourth-order valence-electron chi connectivity index (χ4n) is 7.34. The van der Waals surface area contributed by atoms with Gasteiger partial charge in [-0.3, -0.25) is 4.90 Å². The Morgan fingerprint density at radius 3 is 0.885 bits per heavy atom. The molecule has 3 rings (SSSR count). The molecule has 26 heavy (non-hydrogen) atoms. The van der Waals surface area contributed by atoms with Gasteiger partial charge in [0.15, 0.2) is 0 Å². The Bertz CT molecular complexity index is 339. The van der Waals surface area contributed by atoms with Gasteiger partial charge in [-0.2, -0.15) is 0 Å². The first-order chi connectivity index (χ1) is 12.2. The zero-order valence-electron chi connectivity index (χ0n) is 18.2. The van der Waals surface area contributed by atoms with Crippen molar-refractivity contribution in [2.75, 3.05) is 0 Å². The SMILES string of the molecule is CCC1(N(C2(CC)CCCCC2)C2(CC)CCCCC2)CCCCC1.O. The van der Waals surface area contributed by atoms with Crippen LogP contribution in [-0.2, 0) is 0 Å². The Hall–Kier alpha value is -0.0800. The molecule has 3 saturated carbocycles. The maximum absolute atomic E-state index is 3.31. The number of hydrogen-bond acceptors (Lipinski definition) is 1. The van der Waals surface area contributed by atoms with Crippen LogP contribution < -0.4 is 0 Å². The normalized spacial score (nSPS) is 27.7. The summed E-state index contributed by atoms with van der Waals surface area (Å²) < 4.78 is 0. The predicted molar refractivity (Wildman–Crippen MR) is 114 cm³/mol. The van der Waals surface area contributed by atoms with Crippen molar-refractivity contribution in [1.29, 1.82) is 0 Å². The maximum Gasteiger partial charge on any atom is 0.0218 e. The standard InChI is InChI=1S/C24H45N.H2O/c1-4-22(16-10-7-11-17-22)25(23(5-2)18-12-8-13-19-23)24(6-3)20-14-9-15-21-24;/h4-21H2,1-3H3;1H2. The summed E-state index contributed by atoms with van der Waals surface area (Å²) >= 11 is 0. The van der Waals surface area contributed by atoms with E-state index >= 15 is 0 Å². The molecule has 2 nitrogen and oxygen atoms in total. The van der Waals surface area contributed by atoms with E-state index in [4.69, 9.17) is 0 Å². The maximum atomic E-state index is 3.31. The van der Waals surface area contributed by atoms with E-state index < -0.39 is 0 Å². The van der Waals surface area contributed by atoms with Crippen LogP contribution in [0.2, 0.25) is 0 Å². The minimum absolute atomic E-state index is 0. The molecule has 0 spiro atoms. The Labute approximate surface area is 163 Å². The van der Waals surface area contributed by atoms with Crippen LogP contribution in [0.15, 0.2) is 0 Å². The third-order valence-electron chi connectivity index (χ3n) is 8.75. The minimum Gasteiger partial charge on any atom is -0.412 e. The Morgan fingerprint density at radius 1 is 0.462 bits per heavy atom. The van der Waals surface area contributed by atoms with Crippen molar-refractivity contribution in [3.05, 3.63) is 0 Å². The molecule has 0 aliphatic heterocycles. The minimum atomic E-state index is 0. The first-order valence-electron chi connectivity index (χ1n) is 12.0. The van der Waals surface area contributed by atoms with Crippen LogP contribution in [0.3, 0.4) is 0 Å². The van der Waals surface area contributed by atoms with Gasteiger partial charge < -0.3 is 5.48 Å². The molecule has 3 aliphatic rings. The highest BCUT2D eigenvalue weighted by atomic mass is 16.0. The van der Waals surface area contributed by atoms with E-state index in [-0.39, 0.29) is 5.48 Å². The van der Waals surface area contributed by atoms with E-state index in [0.717, 1.165) is 0 Å². The predicted octanol–water partition coefficient (Wildman–Crippen LogP) is 6.80. The van der Waals surface area contributed by atoms with Gasteiger partial charge in [-0.1, -0.05) is 78.6 Å². The molecule has 0 bridgehead atoms. The van der Waals surface area contributed by atoms with Crippen molar-refractivity contribution in [2.24, 2.45) is 0 Å². The smallest absolute Gasteiger partial charge is 0.0218 e. The van der Waals surface area contributed by atoms with E-state index in [0.29, 0.717) is 16.6 Å². The van der Waals surface area contributed by atoms with E-state index in [9.17, 15) is 0 Å². The van der Waals surface area contributed by atoms with Gasteiger partial charge in [0.05, 0.1) is 0 Å². The van der Waals surface area contributed by atoms with E-state index in [1.807, 2.05) is 0 Å². The van der Waals surface area contributed by atoms with Crippen LogP contribution in [0.1, 0.15) is 136 Å². The summed E-state index contributed by atoms with van der Waals surface area (Å²) in [5.41, 5.74) is 1.54. The summed E-state index contributed by atoms with van der Waals surface area (Å²) in [6.45, 7) is 7.57. The van der Waals surface area contributed by atoms with Crippen molar-refractivity contribution < 1.29 is 5.48 Å². The Kier molecular flexibility index (Phi) is 8.04. The average Bonchev–Trinajstić information content (AvgIpc) is 2.70. The summed E-state index contributed by atoms with van der Waals surface area (Å²) in [5.74, 6) is 0. The van der Waals surface area contributed by atoms with Gasteiger partial charge in [0, 0.05) is 16.6 Å². The molecule has 0 atom stereocenters. The van der Waals surface area contributed by atoms with Crippen LogP contribution >= 0.6 is 0 Å². The molecule has 2 heteroatoms. The molecule has 0 aromatic heterocycles. The van der Waals surface area contributed by atoms with Crippen LogP contribution in [0.4, 0.5) is 0 Å². The number of rotatable bonds is 6. The van der Waals surface area contributed by atoms with Gasteiger partial charge in [0.2, 0.25) is 0 Å². The summed E-state index contributed by atoms with van der Waals surface area (Å²) in [6, 6.07) is 0. The highest BCUT2D eigenvalue weighted by Gasteiger charge is 2.55. The van der Waals surface area contributed by atoms with Gasteiger partial charge in [-0.05, 0) is 57.8 Å². The zero-order chi connectivity index (χ0) is 17.8. The van der Waals surface area contributed by atoms with Gasteiger partial charge in [0.1, 0.15) is 0 Å². The van der Waals surface area contributed by atoms with Crippen molar-refractivity contribution in [3.63, 3.8) is 0 Å². The van der Waals surface area contributed by atoms with Crippen LogP contribution in [0.25, 0.3) is 0 Å². The monoisotopic (exact) mass is 365 g/mol. The second-order valence-electron chi connectivity index (χ2n) is 9.75. The van der Waals surface area contributed by atoms with Crippen molar-refractivity contribution in [1.82, 2.24) is 4.90 Å². The molecular weight excluding hydrogens is 318 g/mol. The van der Waals surface area contributed by atoms with E-state index in [2.05, 4.69) is 25.7 Å². The average molecular weight is 366 g/mol. The molecule has 0 radical (unpaired) electrons. The molecule has 3 aliphatic carbocycles. The third-order valence-corrected chi connectivity index (χ3v) is 8.75. The summed E-state index contributed by atoms with van der Waals surface area (Å²) in [7, 11) is 0. The largest absolute Gasteiger partial charge is 0.412 e. The topological polar surface area (TPSA) is 34.7 Å². The third kappa shape index (κ3) is 3.88. The molecule has 0 aromatic carbocycles. The van der Waals surface area contributed by atoms with Crippen molar-refractivity contribution in [3.8, 4) is 0 Å². The van der Waals surface area contributed by atoms with Crippen LogP contribution in [0.5, 0.6) is 0 Å². The lowest BCUT2D eigenvalue weighted by Gasteiger charge is -2.65. The van der Waals surface area contributed by atoms with Crippen molar-refractivity contribution in [2.45, 2.75) is 153 Å². The van der Waals surface area contributed by atoms with Gasteiger partial charge in [-0.25, -0.2) is 0 Å². The molecule has 0 saturated heterocycles. The Morgan fingerprint density at radius 2 is 0.692 bits per heavy atom. The lowest BCUT2D eigenvalue weighted by atomic mass is 9.64. The second kappa shape index (κ2) is 9.41. The molecule has 2 N–H and O–H groups in total. The number of nitrogens with zero attached hydrogens (tertiary/aromatic N) is 1. The summed E-state index contributed by atoms with van der Waals surface area (Å²) in [6.07, 6.45) is 26.3. The van der Waals surface area contributed by atoms with Crippen LogP contribution in [0, 0.1) is 0 Å². The molecule has 0 aromatic rings.